The number of carbonyl (C=O) groups is 1. The first-order valence-corrected chi connectivity index (χ1v) is 9.40. The minimum absolute atomic E-state index is 0.0456. The number of nitriles is 1. The Bertz CT molecular complexity index is 970. The number of nitrogens with zero attached hydrogens (tertiary/aromatic N) is 4. The predicted molar refractivity (Wildman–Crippen MR) is 103 cm³/mol. The number of aromatic nitrogens is 3. The van der Waals surface area contributed by atoms with E-state index in [-0.39, 0.29) is 31.0 Å². The molecule has 0 aliphatic carbocycles. The van der Waals surface area contributed by atoms with Gasteiger partial charge in [0, 0.05) is 13.5 Å². The van der Waals surface area contributed by atoms with Crippen LogP contribution in [0.25, 0.3) is 5.52 Å². The molecule has 3 rings (SSSR count). The molecule has 0 amide bonds. The Morgan fingerprint density at radius 3 is 2.87 bits per heavy atom. The second-order valence-corrected chi connectivity index (χ2v) is 7.81. The maximum Gasteiger partial charge on any atom is 0.306 e. The summed E-state index contributed by atoms with van der Waals surface area (Å²) >= 11 is 0. The molecule has 1 saturated heterocycles. The molecule has 0 spiro atoms. The van der Waals surface area contributed by atoms with Crippen LogP contribution in [0.4, 0.5) is 5.82 Å². The smallest absolute Gasteiger partial charge is 0.306 e. The maximum absolute atomic E-state index is 12.2. The van der Waals surface area contributed by atoms with Crippen LogP contribution >= 0.6 is 0 Å². The average Bonchev–Trinajstić information content (AvgIpc) is 3.22. The van der Waals surface area contributed by atoms with Crippen LogP contribution < -0.4 is 5.73 Å². The molecule has 0 unspecified atom stereocenters. The zero-order valence-corrected chi connectivity index (χ0v) is 17.0. The molecule has 2 aromatic heterocycles. The summed E-state index contributed by atoms with van der Waals surface area (Å²) in [5.74, 6) is -0.319. The fourth-order valence-electron chi connectivity index (χ4n) is 3.64. The van der Waals surface area contributed by atoms with Crippen LogP contribution in [0.3, 0.4) is 0 Å². The number of fused-ring (bicyclic) bond motifs is 1. The number of hydrogen-bond donors (Lipinski definition) is 3. The molecule has 4 atom stereocenters. The third-order valence-corrected chi connectivity index (χ3v) is 5.00. The van der Waals surface area contributed by atoms with Crippen LogP contribution in [0.5, 0.6) is 0 Å². The first kappa shape index (κ1) is 21.9. The second-order valence-electron chi connectivity index (χ2n) is 7.81. The highest BCUT2D eigenvalue weighted by molar-refractivity contribution is 5.70. The van der Waals surface area contributed by atoms with Crippen molar-refractivity contribution in [1.29, 1.82) is 5.26 Å². The summed E-state index contributed by atoms with van der Waals surface area (Å²) in [6.07, 6.45) is -2.75. The predicted octanol–water partition coefficient (Wildman–Crippen LogP) is -0.101. The Hall–Kier alpha value is -2.78. The van der Waals surface area contributed by atoms with E-state index in [0.717, 1.165) is 0 Å². The number of anilines is 1. The van der Waals surface area contributed by atoms with Crippen LogP contribution in [0.15, 0.2) is 18.5 Å². The van der Waals surface area contributed by atoms with Crippen LogP contribution in [0.2, 0.25) is 0 Å². The molecule has 1 aliphatic rings. The highest BCUT2D eigenvalue weighted by Gasteiger charge is 2.57. The summed E-state index contributed by atoms with van der Waals surface area (Å²) in [6.45, 7) is 3.65. The molecule has 11 heteroatoms. The summed E-state index contributed by atoms with van der Waals surface area (Å²) in [7, 11) is 1.50. The summed E-state index contributed by atoms with van der Waals surface area (Å²) in [6, 6.07) is 5.08. The van der Waals surface area contributed by atoms with E-state index in [2.05, 4.69) is 10.1 Å². The minimum atomic E-state index is -1.89. The summed E-state index contributed by atoms with van der Waals surface area (Å²) in [4.78, 5) is 16.1. The van der Waals surface area contributed by atoms with Gasteiger partial charge in [0.05, 0.1) is 18.4 Å². The number of nitrogen functional groups attached to an aromatic ring is 1. The van der Waals surface area contributed by atoms with Crippen molar-refractivity contribution in [2.75, 3.05) is 19.5 Å². The van der Waals surface area contributed by atoms with Crippen molar-refractivity contribution in [3.8, 4) is 6.07 Å². The normalized spacial score (nSPS) is 26.6. The lowest BCUT2D eigenvalue weighted by atomic mass is 9.92. The molecule has 4 N–H and O–H groups in total. The lowest BCUT2D eigenvalue weighted by Gasteiger charge is -2.25. The number of rotatable bonds is 7. The molecule has 0 bridgehead atoms. The van der Waals surface area contributed by atoms with Crippen molar-refractivity contribution >= 4 is 17.3 Å². The molecule has 0 saturated carbocycles. The second kappa shape index (κ2) is 8.16. The molecule has 11 nitrogen and oxygen atoms in total. The van der Waals surface area contributed by atoms with E-state index in [1.54, 1.807) is 19.9 Å². The Morgan fingerprint density at radius 1 is 1.47 bits per heavy atom. The lowest BCUT2D eigenvalue weighted by molar-refractivity contribution is -0.162. The number of nitrogens with two attached hydrogens (primary N) is 1. The molecule has 162 valence electrons. The Labute approximate surface area is 173 Å². The van der Waals surface area contributed by atoms with Gasteiger partial charge in [-0.25, -0.2) is 9.50 Å². The first-order chi connectivity index (χ1) is 14.1. The molecule has 1 aliphatic heterocycles. The molecule has 0 aromatic carbocycles. The van der Waals surface area contributed by atoms with E-state index in [1.165, 1.54) is 24.0 Å². The number of aliphatic hydroxyl groups is 2. The van der Waals surface area contributed by atoms with E-state index in [9.17, 15) is 20.3 Å². The van der Waals surface area contributed by atoms with Crippen molar-refractivity contribution in [2.24, 2.45) is 0 Å². The van der Waals surface area contributed by atoms with Gasteiger partial charge < -0.3 is 30.2 Å². The average molecular weight is 419 g/mol. The van der Waals surface area contributed by atoms with Gasteiger partial charge in [0.2, 0.25) is 5.60 Å². The lowest BCUT2D eigenvalue weighted by Crippen LogP contribution is -2.40. The number of ether oxygens (including phenoxy) is 3. The van der Waals surface area contributed by atoms with E-state index in [0.29, 0.717) is 5.52 Å². The van der Waals surface area contributed by atoms with Crippen molar-refractivity contribution < 1.29 is 29.2 Å². The SMILES string of the molecule is COCC(C)(C)OC(=O)CC[C@H]1O[C@@](C#N)(c2ccc3c(N)ncnn23)[C@H](O)[C@@H]1O. The molecular formula is C19H25N5O6. The van der Waals surface area contributed by atoms with E-state index >= 15 is 0 Å². The molecule has 2 aromatic rings. The van der Waals surface area contributed by atoms with Gasteiger partial charge in [-0.05, 0) is 32.4 Å². The molecular weight excluding hydrogens is 394 g/mol. The van der Waals surface area contributed by atoms with Crippen LogP contribution in [0, 0.1) is 11.3 Å². The van der Waals surface area contributed by atoms with Crippen molar-refractivity contribution in [1.82, 2.24) is 14.6 Å². The van der Waals surface area contributed by atoms with Gasteiger partial charge >= 0.3 is 5.97 Å². The molecule has 1 fully saturated rings. The molecule has 0 radical (unpaired) electrons. The quantitative estimate of drug-likeness (QED) is 0.516. The zero-order chi connectivity index (χ0) is 22.1. The Morgan fingerprint density at radius 2 is 2.20 bits per heavy atom. The third-order valence-electron chi connectivity index (χ3n) is 5.00. The number of methoxy groups -OCH3 is 1. The number of aliphatic hydroxyl groups excluding tert-OH is 2. The molecule has 3 heterocycles. The number of esters is 1. The van der Waals surface area contributed by atoms with E-state index in [1.807, 2.05) is 6.07 Å². The number of hydrogen-bond acceptors (Lipinski definition) is 10. The first-order valence-electron chi connectivity index (χ1n) is 9.40. The van der Waals surface area contributed by atoms with Crippen LogP contribution in [-0.2, 0) is 24.6 Å². The topological polar surface area (TPSA) is 165 Å². The Balaban J connectivity index is 1.79. The van der Waals surface area contributed by atoms with Gasteiger partial charge in [-0.15, -0.1) is 0 Å². The van der Waals surface area contributed by atoms with Gasteiger partial charge in [0.15, 0.2) is 5.82 Å². The van der Waals surface area contributed by atoms with Crippen LogP contribution in [0.1, 0.15) is 32.4 Å². The highest BCUT2D eigenvalue weighted by Crippen LogP contribution is 2.41. The minimum Gasteiger partial charge on any atom is -0.457 e. The van der Waals surface area contributed by atoms with E-state index in [4.69, 9.17) is 19.9 Å². The van der Waals surface area contributed by atoms with Crippen molar-refractivity contribution in [2.45, 2.75) is 56.2 Å². The van der Waals surface area contributed by atoms with Crippen molar-refractivity contribution in [3.05, 3.63) is 24.2 Å². The standard InChI is InChI=1S/C19H25N5O6/c1-18(2,9-28-3)30-14(25)7-5-12-15(26)16(27)19(8-20,29-12)13-6-4-11-17(21)22-10-23-24(11)13/h4,6,10,12,15-16,26-27H,5,7,9H2,1-3H3,(H2,21,22,23)/t12-,15-,16-,19+/m1/s1. The van der Waals surface area contributed by atoms with Gasteiger partial charge in [-0.1, -0.05) is 0 Å². The zero-order valence-electron chi connectivity index (χ0n) is 17.0. The number of carbonyl (C=O) groups excluding carboxylic acids is 1. The van der Waals surface area contributed by atoms with Crippen molar-refractivity contribution in [3.63, 3.8) is 0 Å². The summed E-state index contributed by atoms with van der Waals surface area (Å²) < 4.78 is 17.5. The molecule has 30 heavy (non-hydrogen) atoms. The summed E-state index contributed by atoms with van der Waals surface area (Å²) in [5, 5.41) is 35.1. The van der Waals surface area contributed by atoms with E-state index < -0.39 is 35.5 Å². The largest absolute Gasteiger partial charge is 0.457 e. The Kier molecular flexibility index (Phi) is 5.96. The van der Waals surface area contributed by atoms with Gasteiger partial charge in [0.25, 0.3) is 0 Å². The maximum atomic E-state index is 12.2. The van der Waals surface area contributed by atoms with Crippen LogP contribution in [-0.4, -0.2) is 68.4 Å². The van der Waals surface area contributed by atoms with Gasteiger partial charge in [0.1, 0.15) is 35.7 Å². The fourth-order valence-corrected chi connectivity index (χ4v) is 3.64. The highest BCUT2D eigenvalue weighted by atomic mass is 16.6. The third kappa shape index (κ3) is 3.82. The summed E-state index contributed by atoms with van der Waals surface area (Å²) in [5.41, 5.74) is 3.76. The monoisotopic (exact) mass is 419 g/mol. The van der Waals surface area contributed by atoms with Gasteiger partial charge in [-0.3, -0.25) is 4.79 Å². The fraction of sp³-hybridized carbons (Fsp3) is 0.579. The van der Waals surface area contributed by atoms with Gasteiger partial charge in [-0.2, -0.15) is 10.4 Å².